The highest BCUT2D eigenvalue weighted by Gasteiger charge is 2.10. The fourth-order valence-corrected chi connectivity index (χ4v) is 1.48. The van der Waals surface area contributed by atoms with Crippen LogP contribution in [-0.2, 0) is 0 Å². The van der Waals surface area contributed by atoms with Gasteiger partial charge in [-0.25, -0.2) is 4.98 Å². The van der Waals surface area contributed by atoms with E-state index in [-0.39, 0.29) is 11.6 Å². The van der Waals surface area contributed by atoms with Crippen LogP contribution in [0.2, 0.25) is 0 Å². The second kappa shape index (κ2) is 3.78. The fourth-order valence-electron chi connectivity index (χ4n) is 1.48. The van der Waals surface area contributed by atoms with Crippen LogP contribution in [0.25, 0.3) is 11.0 Å². The first kappa shape index (κ1) is 9.79. The van der Waals surface area contributed by atoms with Crippen LogP contribution < -0.4 is 10.9 Å². The Labute approximate surface area is 86.6 Å². The van der Waals surface area contributed by atoms with Crippen molar-refractivity contribution < 1.29 is 0 Å². The lowest BCUT2D eigenvalue weighted by Gasteiger charge is -2.11. The second-order valence-corrected chi connectivity index (χ2v) is 3.34. The zero-order valence-corrected chi connectivity index (χ0v) is 8.61. The van der Waals surface area contributed by atoms with E-state index in [9.17, 15) is 4.79 Å². The van der Waals surface area contributed by atoms with Gasteiger partial charge in [-0.2, -0.15) is 0 Å². The minimum atomic E-state index is -0.204. The predicted octanol–water partition coefficient (Wildman–Crippen LogP) is 0.598. The summed E-state index contributed by atoms with van der Waals surface area (Å²) in [6.45, 7) is 2.00. The summed E-state index contributed by atoms with van der Waals surface area (Å²) in [7, 11) is 1.86. The highest BCUT2D eigenvalue weighted by Crippen LogP contribution is 2.16. The SMILES string of the molecule is CNC(C)c1c[nH]c(=O)c2nccnc12. The summed E-state index contributed by atoms with van der Waals surface area (Å²) in [6, 6.07) is 0.126. The standard InChI is InChI=1S/C10H12N4O/c1-6(11-2)7-5-14-10(15)9-8(7)12-3-4-13-9/h3-6,11H,1-2H3,(H,14,15). The number of hydrogen-bond acceptors (Lipinski definition) is 4. The smallest absolute Gasteiger partial charge is 0.276 e. The molecule has 0 bridgehead atoms. The van der Waals surface area contributed by atoms with Crippen molar-refractivity contribution in [1.29, 1.82) is 0 Å². The van der Waals surface area contributed by atoms with Gasteiger partial charge in [0.25, 0.3) is 5.56 Å². The van der Waals surface area contributed by atoms with Crippen LogP contribution in [0.4, 0.5) is 0 Å². The van der Waals surface area contributed by atoms with Gasteiger partial charge in [0.1, 0.15) is 5.52 Å². The number of pyridine rings is 1. The first-order chi connectivity index (χ1) is 7.24. The Morgan fingerprint density at radius 3 is 2.67 bits per heavy atom. The van der Waals surface area contributed by atoms with E-state index in [2.05, 4.69) is 20.3 Å². The number of nitrogens with one attached hydrogen (secondary N) is 2. The van der Waals surface area contributed by atoms with Gasteiger partial charge in [-0.1, -0.05) is 0 Å². The van der Waals surface area contributed by atoms with Gasteiger partial charge in [-0.3, -0.25) is 9.78 Å². The van der Waals surface area contributed by atoms with Gasteiger partial charge in [0.15, 0.2) is 5.52 Å². The van der Waals surface area contributed by atoms with Crippen molar-refractivity contribution >= 4 is 11.0 Å². The number of H-pyrrole nitrogens is 1. The summed E-state index contributed by atoms with van der Waals surface area (Å²) < 4.78 is 0. The Morgan fingerprint density at radius 1 is 1.33 bits per heavy atom. The minimum Gasteiger partial charge on any atom is -0.327 e. The molecule has 0 saturated carbocycles. The van der Waals surface area contributed by atoms with Crippen LogP contribution in [0.5, 0.6) is 0 Å². The van der Waals surface area contributed by atoms with E-state index < -0.39 is 0 Å². The number of hydrogen-bond donors (Lipinski definition) is 2. The number of rotatable bonds is 2. The molecule has 0 aliphatic rings. The Balaban J connectivity index is 2.77. The third kappa shape index (κ3) is 1.61. The van der Waals surface area contributed by atoms with Crippen LogP contribution in [0.15, 0.2) is 23.4 Å². The van der Waals surface area contributed by atoms with Gasteiger partial charge in [-0.05, 0) is 14.0 Å². The van der Waals surface area contributed by atoms with E-state index in [1.165, 1.54) is 6.20 Å². The molecule has 15 heavy (non-hydrogen) atoms. The second-order valence-electron chi connectivity index (χ2n) is 3.34. The topological polar surface area (TPSA) is 70.7 Å². The van der Waals surface area contributed by atoms with Crippen LogP contribution in [0, 0.1) is 0 Å². The van der Waals surface area contributed by atoms with Crippen LogP contribution in [-0.4, -0.2) is 22.0 Å². The van der Waals surface area contributed by atoms with Crippen molar-refractivity contribution in [2.45, 2.75) is 13.0 Å². The van der Waals surface area contributed by atoms with E-state index in [0.717, 1.165) is 5.56 Å². The fraction of sp³-hybridized carbons (Fsp3) is 0.300. The van der Waals surface area contributed by atoms with E-state index in [0.29, 0.717) is 11.0 Å². The molecule has 2 rings (SSSR count). The first-order valence-corrected chi connectivity index (χ1v) is 4.73. The molecule has 0 aliphatic heterocycles. The minimum absolute atomic E-state index is 0.126. The number of nitrogens with zero attached hydrogens (tertiary/aromatic N) is 2. The van der Waals surface area contributed by atoms with Crippen molar-refractivity contribution in [3.8, 4) is 0 Å². The van der Waals surface area contributed by atoms with Gasteiger partial charge < -0.3 is 10.3 Å². The zero-order valence-electron chi connectivity index (χ0n) is 8.61. The summed E-state index contributed by atoms with van der Waals surface area (Å²) in [5.41, 5.74) is 1.78. The van der Waals surface area contributed by atoms with E-state index >= 15 is 0 Å². The van der Waals surface area contributed by atoms with E-state index in [4.69, 9.17) is 0 Å². The van der Waals surface area contributed by atoms with Gasteiger partial charge >= 0.3 is 0 Å². The number of fused-ring (bicyclic) bond motifs is 1. The predicted molar refractivity (Wildman–Crippen MR) is 57.6 cm³/mol. The summed E-state index contributed by atoms with van der Waals surface area (Å²) in [6.07, 6.45) is 4.79. The lowest BCUT2D eigenvalue weighted by molar-refractivity contribution is 0.653. The largest absolute Gasteiger partial charge is 0.327 e. The molecule has 0 amide bonds. The lowest BCUT2D eigenvalue weighted by Crippen LogP contribution is -2.17. The Bertz CT molecular complexity index is 534. The monoisotopic (exact) mass is 204 g/mol. The third-order valence-electron chi connectivity index (χ3n) is 2.45. The van der Waals surface area contributed by atoms with Crippen LogP contribution >= 0.6 is 0 Å². The Morgan fingerprint density at radius 2 is 2.00 bits per heavy atom. The molecule has 2 aromatic rings. The summed E-state index contributed by atoms with van der Waals surface area (Å²) in [5, 5.41) is 3.10. The molecular weight excluding hydrogens is 192 g/mol. The number of aromatic amines is 1. The molecule has 0 aliphatic carbocycles. The third-order valence-corrected chi connectivity index (χ3v) is 2.45. The molecule has 2 N–H and O–H groups in total. The van der Waals surface area contributed by atoms with Crippen molar-refractivity contribution in [1.82, 2.24) is 20.3 Å². The normalized spacial score (nSPS) is 12.9. The van der Waals surface area contributed by atoms with Crippen LogP contribution in [0.3, 0.4) is 0 Å². The van der Waals surface area contributed by atoms with Crippen molar-refractivity contribution in [2.75, 3.05) is 7.05 Å². The van der Waals surface area contributed by atoms with E-state index in [1.807, 2.05) is 14.0 Å². The molecular formula is C10H12N4O. The summed E-state index contributed by atoms with van der Waals surface area (Å²) in [5.74, 6) is 0. The van der Waals surface area contributed by atoms with Crippen LogP contribution in [0.1, 0.15) is 18.5 Å². The van der Waals surface area contributed by atoms with Gasteiger partial charge in [0.2, 0.25) is 0 Å². The maximum atomic E-state index is 11.5. The molecule has 78 valence electrons. The summed E-state index contributed by atoms with van der Waals surface area (Å²) in [4.78, 5) is 22.3. The zero-order chi connectivity index (χ0) is 10.8. The molecule has 0 saturated heterocycles. The van der Waals surface area contributed by atoms with E-state index in [1.54, 1.807) is 12.4 Å². The Kier molecular flexibility index (Phi) is 2.47. The van der Waals surface area contributed by atoms with Gasteiger partial charge in [0, 0.05) is 30.2 Å². The molecule has 0 spiro atoms. The van der Waals surface area contributed by atoms with Gasteiger partial charge in [0.05, 0.1) is 0 Å². The molecule has 5 heteroatoms. The summed E-state index contributed by atoms with van der Waals surface area (Å²) >= 11 is 0. The van der Waals surface area contributed by atoms with Gasteiger partial charge in [-0.15, -0.1) is 0 Å². The molecule has 2 heterocycles. The maximum Gasteiger partial charge on any atom is 0.276 e. The molecule has 1 atom stereocenters. The maximum absolute atomic E-state index is 11.5. The Hall–Kier alpha value is -1.75. The van der Waals surface area contributed by atoms with Crippen molar-refractivity contribution in [3.05, 3.63) is 34.5 Å². The molecule has 5 nitrogen and oxygen atoms in total. The molecule has 0 radical (unpaired) electrons. The highest BCUT2D eigenvalue weighted by molar-refractivity contribution is 5.76. The number of aromatic nitrogens is 3. The molecule has 1 unspecified atom stereocenters. The average molecular weight is 204 g/mol. The highest BCUT2D eigenvalue weighted by atomic mass is 16.1. The quantitative estimate of drug-likeness (QED) is 0.751. The molecule has 2 aromatic heterocycles. The molecule has 0 aromatic carbocycles. The average Bonchev–Trinajstić information content (AvgIpc) is 2.29. The van der Waals surface area contributed by atoms with Crippen molar-refractivity contribution in [3.63, 3.8) is 0 Å². The first-order valence-electron chi connectivity index (χ1n) is 4.73. The lowest BCUT2D eigenvalue weighted by atomic mass is 10.1. The van der Waals surface area contributed by atoms with Crippen molar-refractivity contribution in [2.24, 2.45) is 0 Å². The molecule has 0 fully saturated rings.